The van der Waals surface area contributed by atoms with Gasteiger partial charge in [-0.05, 0) is 62.9 Å². The molecule has 4 rings (SSSR count). The molecule has 0 bridgehead atoms. The Hall–Kier alpha value is -3.27. The van der Waals surface area contributed by atoms with E-state index in [9.17, 15) is 19.5 Å². The number of Topliss-reactive ketones (excluding diaryl/α,β-unsaturated/α-hetero) is 1. The van der Waals surface area contributed by atoms with Gasteiger partial charge in [-0.3, -0.25) is 14.4 Å². The molecule has 2 heterocycles. The second-order valence-corrected chi connectivity index (χ2v) is 10.6. The Labute approximate surface area is 223 Å². The third-order valence-corrected chi connectivity index (χ3v) is 7.34. The van der Waals surface area contributed by atoms with Crippen molar-refractivity contribution in [1.29, 1.82) is 0 Å². The molecule has 2 aromatic rings. The first-order chi connectivity index (χ1) is 18.1. The molecule has 204 valence electrons. The van der Waals surface area contributed by atoms with Crippen molar-refractivity contribution in [3.8, 4) is 5.75 Å². The van der Waals surface area contributed by atoms with E-state index < -0.39 is 41.1 Å². The number of hydrogen-bond acceptors (Lipinski definition) is 7. The predicted molar refractivity (Wildman–Crippen MR) is 142 cm³/mol. The molecule has 0 spiro atoms. The number of methoxy groups -OCH3 is 1. The normalized spacial score (nSPS) is 26.1. The monoisotopic (exact) mass is 523 g/mol. The van der Waals surface area contributed by atoms with Gasteiger partial charge < -0.3 is 30.5 Å². The summed E-state index contributed by atoms with van der Waals surface area (Å²) >= 11 is 0. The first-order valence-electron chi connectivity index (χ1n) is 13.0. The molecule has 2 amide bonds. The molecule has 0 radical (unpaired) electrons. The van der Waals surface area contributed by atoms with Crippen LogP contribution in [0.2, 0.25) is 0 Å². The number of ether oxygens (including phenoxy) is 2. The fraction of sp³-hybridized carbons (Fsp3) is 0.483. The van der Waals surface area contributed by atoms with E-state index in [1.807, 2.05) is 42.5 Å². The molecule has 2 aromatic carbocycles. The quantitative estimate of drug-likeness (QED) is 0.327. The summed E-state index contributed by atoms with van der Waals surface area (Å²) < 4.78 is 10.6. The maximum absolute atomic E-state index is 13.7. The van der Waals surface area contributed by atoms with Crippen LogP contribution in [-0.4, -0.2) is 72.3 Å². The van der Waals surface area contributed by atoms with Crippen LogP contribution in [0, 0.1) is 0 Å². The second-order valence-electron chi connectivity index (χ2n) is 10.6. The minimum absolute atomic E-state index is 0.191. The van der Waals surface area contributed by atoms with Crippen molar-refractivity contribution in [3.63, 3.8) is 0 Å². The Morgan fingerprint density at radius 1 is 1.03 bits per heavy atom. The van der Waals surface area contributed by atoms with E-state index in [0.717, 1.165) is 17.5 Å². The van der Waals surface area contributed by atoms with Crippen LogP contribution in [0.15, 0.2) is 54.6 Å². The van der Waals surface area contributed by atoms with E-state index in [2.05, 4.69) is 16.0 Å². The fourth-order valence-corrected chi connectivity index (χ4v) is 4.84. The first-order valence-corrected chi connectivity index (χ1v) is 13.0. The second kappa shape index (κ2) is 11.6. The Balaban J connectivity index is 1.55. The highest BCUT2D eigenvalue weighted by Crippen LogP contribution is 2.29. The van der Waals surface area contributed by atoms with Crippen LogP contribution in [0.3, 0.4) is 0 Å². The summed E-state index contributed by atoms with van der Waals surface area (Å²) in [5, 5.41) is 19.6. The van der Waals surface area contributed by atoms with Gasteiger partial charge in [0, 0.05) is 6.42 Å². The molecular formula is C29H37N3O6. The zero-order valence-electron chi connectivity index (χ0n) is 22.2. The van der Waals surface area contributed by atoms with Gasteiger partial charge in [-0.2, -0.15) is 0 Å². The van der Waals surface area contributed by atoms with Gasteiger partial charge in [-0.15, -0.1) is 0 Å². The van der Waals surface area contributed by atoms with E-state index in [1.54, 1.807) is 33.1 Å². The van der Waals surface area contributed by atoms with Gasteiger partial charge in [0.15, 0.2) is 5.78 Å². The smallest absolute Gasteiger partial charge is 0.243 e. The maximum atomic E-state index is 13.7. The summed E-state index contributed by atoms with van der Waals surface area (Å²) in [6.45, 7) is 4.23. The third kappa shape index (κ3) is 6.78. The molecule has 0 aromatic heterocycles. The number of carbonyl (C=O) groups is 3. The first kappa shape index (κ1) is 27.8. The third-order valence-electron chi connectivity index (χ3n) is 7.34. The molecule has 9 nitrogen and oxygen atoms in total. The number of benzene rings is 2. The number of rotatable bonds is 11. The molecule has 2 aliphatic heterocycles. The Kier molecular flexibility index (Phi) is 8.50. The molecule has 5 atom stereocenters. The number of piperidine rings is 1. The topological polar surface area (TPSA) is 129 Å². The number of epoxide rings is 1. The molecule has 2 fully saturated rings. The van der Waals surface area contributed by atoms with Crippen molar-refractivity contribution in [2.24, 2.45) is 0 Å². The van der Waals surface area contributed by atoms with Gasteiger partial charge in [0.2, 0.25) is 11.8 Å². The van der Waals surface area contributed by atoms with Crippen LogP contribution in [0.1, 0.15) is 37.8 Å². The highest BCUT2D eigenvalue weighted by Gasteiger charge is 2.50. The van der Waals surface area contributed by atoms with Gasteiger partial charge in [0.25, 0.3) is 0 Å². The van der Waals surface area contributed by atoms with Crippen molar-refractivity contribution in [2.75, 3.05) is 20.3 Å². The van der Waals surface area contributed by atoms with E-state index in [-0.39, 0.29) is 12.2 Å². The van der Waals surface area contributed by atoms with E-state index in [4.69, 9.17) is 9.47 Å². The maximum Gasteiger partial charge on any atom is 0.243 e. The lowest BCUT2D eigenvalue weighted by Gasteiger charge is -2.37. The number of hydrogen-bond donors (Lipinski definition) is 4. The minimum atomic E-state index is -1.24. The van der Waals surface area contributed by atoms with E-state index in [1.165, 1.54) is 0 Å². The van der Waals surface area contributed by atoms with Gasteiger partial charge in [-0.25, -0.2) is 0 Å². The Morgan fingerprint density at radius 2 is 1.66 bits per heavy atom. The van der Waals surface area contributed by atoms with E-state index >= 15 is 0 Å². The zero-order valence-corrected chi connectivity index (χ0v) is 22.2. The Bertz CT molecular complexity index is 1130. The lowest BCUT2D eigenvalue weighted by atomic mass is 9.87. The lowest BCUT2D eigenvalue weighted by Crippen LogP contribution is -2.63. The molecule has 2 aliphatic rings. The van der Waals surface area contributed by atoms with Crippen molar-refractivity contribution >= 4 is 17.6 Å². The van der Waals surface area contributed by atoms with Gasteiger partial charge in [0.05, 0.1) is 25.4 Å². The lowest BCUT2D eigenvalue weighted by molar-refractivity contribution is -0.136. The molecule has 0 unspecified atom stereocenters. The summed E-state index contributed by atoms with van der Waals surface area (Å²) in [5.74, 6) is -0.483. The molecule has 4 N–H and O–H groups in total. The molecular weight excluding hydrogens is 486 g/mol. The minimum Gasteiger partial charge on any atom is -0.497 e. The number of amides is 2. The fourth-order valence-electron chi connectivity index (χ4n) is 4.84. The SMILES string of the molecule is COc1ccc(C[C@H](NC(=O)[C@H]2NCCC[C@]2(C)O)C(=O)N[C@@H](Cc2ccccc2)C(=O)[C@@]2(C)CO2)cc1. The molecule has 9 heteroatoms. The highest BCUT2D eigenvalue weighted by atomic mass is 16.6. The van der Waals surface area contributed by atoms with Crippen LogP contribution >= 0.6 is 0 Å². The van der Waals surface area contributed by atoms with Gasteiger partial charge in [0.1, 0.15) is 23.4 Å². The standard InChI is InChI=1S/C29H37N3O6/c1-28(36)14-7-15-30-24(28)27(35)32-23(17-20-10-12-21(37-3)13-11-20)26(34)31-22(25(33)29(2)18-38-29)16-19-8-5-4-6-9-19/h4-6,8-13,22-24,30,36H,7,14-18H2,1-3H3,(H,31,34)(H,32,35)/t22-,23-,24+,28-,29+/m0/s1. The Morgan fingerprint density at radius 3 is 2.26 bits per heavy atom. The van der Waals surface area contributed by atoms with Crippen molar-refractivity contribution in [2.45, 2.75) is 68.9 Å². The molecule has 2 saturated heterocycles. The summed E-state index contributed by atoms with van der Waals surface area (Å²) in [6.07, 6.45) is 1.71. The number of carbonyl (C=O) groups excluding carboxylic acids is 3. The molecule has 0 saturated carbocycles. The van der Waals surface area contributed by atoms with Gasteiger partial charge >= 0.3 is 0 Å². The largest absolute Gasteiger partial charge is 0.497 e. The summed E-state index contributed by atoms with van der Waals surface area (Å²) in [4.78, 5) is 40.2. The zero-order chi connectivity index (χ0) is 27.3. The number of nitrogens with one attached hydrogen (secondary N) is 3. The average Bonchev–Trinajstić information content (AvgIpc) is 3.66. The van der Waals surface area contributed by atoms with Crippen molar-refractivity contribution in [3.05, 3.63) is 65.7 Å². The highest BCUT2D eigenvalue weighted by molar-refractivity contribution is 5.98. The average molecular weight is 524 g/mol. The molecule has 0 aliphatic carbocycles. The predicted octanol–water partition coefficient (Wildman–Crippen LogP) is 1.31. The van der Waals surface area contributed by atoms with E-state index in [0.29, 0.717) is 31.7 Å². The number of ketones is 1. The molecule has 38 heavy (non-hydrogen) atoms. The summed E-state index contributed by atoms with van der Waals surface area (Å²) in [7, 11) is 1.57. The van der Waals surface area contributed by atoms with Crippen molar-refractivity contribution in [1.82, 2.24) is 16.0 Å². The number of aliphatic hydroxyl groups is 1. The van der Waals surface area contributed by atoms with Gasteiger partial charge in [-0.1, -0.05) is 42.5 Å². The summed E-state index contributed by atoms with van der Waals surface area (Å²) in [6, 6.07) is 14.0. The van der Waals surface area contributed by atoms with Crippen molar-refractivity contribution < 1.29 is 29.0 Å². The van der Waals surface area contributed by atoms with Crippen LogP contribution in [-0.2, 0) is 32.0 Å². The van der Waals surface area contributed by atoms with Crippen LogP contribution < -0.4 is 20.7 Å². The van der Waals surface area contributed by atoms with Crippen LogP contribution in [0.4, 0.5) is 0 Å². The summed E-state index contributed by atoms with van der Waals surface area (Å²) in [5.41, 5.74) is -0.467. The van der Waals surface area contributed by atoms with Crippen LogP contribution in [0.25, 0.3) is 0 Å². The van der Waals surface area contributed by atoms with Crippen LogP contribution in [0.5, 0.6) is 5.75 Å².